The summed E-state index contributed by atoms with van der Waals surface area (Å²) in [5, 5.41) is 12.2. The molecule has 1 heterocycles. The molecule has 0 bridgehead atoms. The molecule has 1 saturated heterocycles. The molecule has 7 nitrogen and oxygen atoms in total. The summed E-state index contributed by atoms with van der Waals surface area (Å²) >= 11 is 0. The van der Waals surface area contributed by atoms with E-state index in [0.717, 1.165) is 18.6 Å². The second kappa shape index (κ2) is 11.0. The summed E-state index contributed by atoms with van der Waals surface area (Å²) in [7, 11) is 0. The van der Waals surface area contributed by atoms with Crippen molar-refractivity contribution in [3.05, 3.63) is 30.3 Å². The first-order chi connectivity index (χ1) is 14.5. The summed E-state index contributed by atoms with van der Waals surface area (Å²) in [6, 6.07) is 8.61. The van der Waals surface area contributed by atoms with Gasteiger partial charge in [0.25, 0.3) is 0 Å². The summed E-state index contributed by atoms with van der Waals surface area (Å²) in [6.07, 6.45) is 7.20. The van der Waals surface area contributed by atoms with E-state index in [-0.39, 0.29) is 30.7 Å². The molecule has 164 valence electrons. The maximum Gasteiger partial charge on any atom is 0.326 e. The van der Waals surface area contributed by atoms with Crippen LogP contribution in [0.1, 0.15) is 51.4 Å². The lowest BCUT2D eigenvalue weighted by atomic mass is 9.79. The molecule has 2 N–H and O–H groups in total. The molecule has 1 aliphatic heterocycles. The van der Waals surface area contributed by atoms with Crippen molar-refractivity contribution in [3.63, 3.8) is 0 Å². The average Bonchev–Trinajstić information content (AvgIpc) is 3.22. The fourth-order valence-corrected chi connectivity index (χ4v) is 4.63. The highest BCUT2D eigenvalue weighted by Crippen LogP contribution is 2.37. The summed E-state index contributed by atoms with van der Waals surface area (Å²) in [5.74, 6) is 0.0312. The Morgan fingerprint density at radius 1 is 1.07 bits per heavy atom. The Bertz CT molecular complexity index is 718. The molecule has 1 aliphatic carbocycles. The van der Waals surface area contributed by atoms with Crippen molar-refractivity contribution in [1.82, 2.24) is 10.2 Å². The zero-order valence-corrected chi connectivity index (χ0v) is 17.4. The number of nitrogens with zero attached hydrogens (tertiary/aromatic N) is 1. The zero-order chi connectivity index (χ0) is 21.3. The number of hydrogen-bond acceptors (Lipinski definition) is 4. The number of benzene rings is 1. The minimum atomic E-state index is -0.953. The van der Waals surface area contributed by atoms with E-state index >= 15 is 0 Å². The van der Waals surface area contributed by atoms with E-state index in [1.54, 1.807) is 0 Å². The van der Waals surface area contributed by atoms with Crippen LogP contribution in [0.4, 0.5) is 0 Å². The zero-order valence-electron chi connectivity index (χ0n) is 17.4. The van der Waals surface area contributed by atoms with E-state index in [2.05, 4.69) is 5.32 Å². The first-order valence-corrected chi connectivity index (χ1v) is 11.0. The summed E-state index contributed by atoms with van der Waals surface area (Å²) in [6.45, 7) is 0.752. The van der Waals surface area contributed by atoms with Gasteiger partial charge in [-0.05, 0) is 36.8 Å². The van der Waals surface area contributed by atoms with Crippen molar-refractivity contribution >= 4 is 17.8 Å². The third-order valence-corrected chi connectivity index (χ3v) is 6.25. The van der Waals surface area contributed by atoms with Gasteiger partial charge in [0.2, 0.25) is 11.8 Å². The predicted octanol–water partition coefficient (Wildman–Crippen LogP) is 2.84. The van der Waals surface area contributed by atoms with Crippen molar-refractivity contribution < 1.29 is 24.2 Å². The second-order valence-corrected chi connectivity index (χ2v) is 8.34. The van der Waals surface area contributed by atoms with Crippen molar-refractivity contribution in [3.8, 4) is 5.75 Å². The van der Waals surface area contributed by atoms with Crippen molar-refractivity contribution in [2.75, 3.05) is 19.7 Å². The Morgan fingerprint density at radius 2 is 1.80 bits per heavy atom. The third kappa shape index (κ3) is 6.21. The topological polar surface area (TPSA) is 95.9 Å². The van der Waals surface area contributed by atoms with Crippen LogP contribution in [0.2, 0.25) is 0 Å². The number of rotatable bonds is 9. The maximum atomic E-state index is 12.6. The standard InChI is InChI=1S/C23H32N2O5/c26-21(12-7-13-30-19-10-5-2-6-11-19)24-15-22(27)25-16-18(14-20(25)23(28)29)17-8-3-1-4-9-17/h2,5-6,10-11,17-18,20H,1,3-4,7-9,12-16H2,(H,24,26)(H,28,29)/t18-,20-/m0/s1. The molecule has 0 aromatic heterocycles. The molecule has 2 atom stereocenters. The lowest BCUT2D eigenvalue weighted by molar-refractivity contribution is -0.148. The van der Waals surface area contributed by atoms with Crippen LogP contribution in [0.3, 0.4) is 0 Å². The lowest BCUT2D eigenvalue weighted by Gasteiger charge is -2.27. The number of aliphatic carboxylic acids is 1. The van der Waals surface area contributed by atoms with Gasteiger partial charge in [-0.2, -0.15) is 0 Å². The van der Waals surface area contributed by atoms with Gasteiger partial charge in [-0.25, -0.2) is 4.79 Å². The van der Waals surface area contributed by atoms with Crippen LogP contribution in [-0.4, -0.2) is 53.5 Å². The molecule has 2 amide bonds. The van der Waals surface area contributed by atoms with E-state index in [9.17, 15) is 19.5 Å². The molecule has 3 rings (SSSR count). The van der Waals surface area contributed by atoms with Crippen LogP contribution in [0, 0.1) is 11.8 Å². The highest BCUT2D eigenvalue weighted by Gasteiger charge is 2.42. The molecule has 2 aliphatic rings. The first kappa shape index (κ1) is 22.1. The average molecular weight is 417 g/mol. The molecule has 1 aromatic rings. The number of likely N-dealkylation sites (tertiary alicyclic amines) is 1. The molecule has 1 aromatic carbocycles. The van der Waals surface area contributed by atoms with Gasteiger partial charge in [0, 0.05) is 13.0 Å². The third-order valence-electron chi connectivity index (χ3n) is 6.25. The van der Waals surface area contributed by atoms with E-state index in [1.165, 1.54) is 24.2 Å². The van der Waals surface area contributed by atoms with E-state index < -0.39 is 12.0 Å². The highest BCUT2D eigenvalue weighted by atomic mass is 16.5. The Balaban J connectivity index is 1.40. The van der Waals surface area contributed by atoms with Gasteiger partial charge in [-0.3, -0.25) is 9.59 Å². The van der Waals surface area contributed by atoms with Gasteiger partial charge in [0.1, 0.15) is 11.8 Å². The van der Waals surface area contributed by atoms with Crippen LogP contribution < -0.4 is 10.1 Å². The maximum absolute atomic E-state index is 12.6. The lowest BCUT2D eigenvalue weighted by Crippen LogP contribution is -2.45. The molecular weight excluding hydrogens is 384 g/mol. The minimum Gasteiger partial charge on any atom is -0.494 e. The number of hydrogen-bond donors (Lipinski definition) is 2. The van der Waals surface area contributed by atoms with Crippen LogP contribution in [0.5, 0.6) is 5.75 Å². The number of carboxylic acids is 1. The largest absolute Gasteiger partial charge is 0.494 e. The summed E-state index contributed by atoms with van der Waals surface area (Å²) < 4.78 is 5.55. The number of nitrogens with one attached hydrogen (secondary N) is 1. The van der Waals surface area contributed by atoms with Gasteiger partial charge in [0.05, 0.1) is 13.2 Å². The minimum absolute atomic E-state index is 0.153. The van der Waals surface area contributed by atoms with Crippen molar-refractivity contribution in [2.45, 2.75) is 57.4 Å². The number of carbonyl (C=O) groups is 3. The molecule has 2 fully saturated rings. The van der Waals surface area contributed by atoms with E-state index in [4.69, 9.17) is 4.74 Å². The monoisotopic (exact) mass is 416 g/mol. The predicted molar refractivity (Wildman–Crippen MR) is 112 cm³/mol. The van der Waals surface area contributed by atoms with Gasteiger partial charge >= 0.3 is 5.97 Å². The van der Waals surface area contributed by atoms with Crippen LogP contribution in [0.15, 0.2) is 30.3 Å². The van der Waals surface area contributed by atoms with Crippen LogP contribution in [-0.2, 0) is 14.4 Å². The Morgan fingerprint density at radius 3 is 2.50 bits per heavy atom. The van der Waals surface area contributed by atoms with Gasteiger partial charge < -0.3 is 20.1 Å². The summed E-state index contributed by atoms with van der Waals surface area (Å²) in [4.78, 5) is 37.8. The molecule has 0 unspecified atom stereocenters. The number of para-hydroxylation sites is 1. The Labute approximate surface area is 177 Å². The smallest absolute Gasteiger partial charge is 0.326 e. The Hall–Kier alpha value is -2.57. The van der Waals surface area contributed by atoms with Crippen molar-refractivity contribution in [1.29, 1.82) is 0 Å². The SMILES string of the molecule is O=C(CCCOc1ccccc1)NCC(=O)N1C[C@@H](C2CCCCC2)C[C@H]1C(=O)O. The van der Waals surface area contributed by atoms with Gasteiger partial charge in [-0.1, -0.05) is 50.3 Å². The fraction of sp³-hybridized carbons (Fsp3) is 0.609. The van der Waals surface area contributed by atoms with Crippen LogP contribution in [0.25, 0.3) is 0 Å². The van der Waals surface area contributed by atoms with E-state index in [0.29, 0.717) is 31.9 Å². The normalized spacial score (nSPS) is 21.9. The number of carboxylic acid groups (broad SMARTS) is 1. The Kier molecular flexibility index (Phi) is 8.11. The number of amides is 2. The van der Waals surface area contributed by atoms with Gasteiger partial charge in [-0.15, -0.1) is 0 Å². The van der Waals surface area contributed by atoms with Crippen LogP contribution >= 0.6 is 0 Å². The molecule has 0 spiro atoms. The summed E-state index contributed by atoms with van der Waals surface area (Å²) in [5.41, 5.74) is 0. The molecule has 30 heavy (non-hydrogen) atoms. The highest BCUT2D eigenvalue weighted by molar-refractivity contribution is 5.88. The molecule has 7 heteroatoms. The number of carbonyl (C=O) groups excluding carboxylic acids is 2. The fourth-order valence-electron chi connectivity index (χ4n) is 4.63. The second-order valence-electron chi connectivity index (χ2n) is 8.34. The first-order valence-electron chi connectivity index (χ1n) is 11.0. The number of ether oxygens (including phenoxy) is 1. The molecular formula is C23H32N2O5. The quantitative estimate of drug-likeness (QED) is 0.604. The van der Waals surface area contributed by atoms with Gasteiger partial charge in [0.15, 0.2) is 0 Å². The molecule has 1 saturated carbocycles. The molecule has 0 radical (unpaired) electrons. The van der Waals surface area contributed by atoms with E-state index in [1.807, 2.05) is 30.3 Å². The van der Waals surface area contributed by atoms with Crippen molar-refractivity contribution in [2.24, 2.45) is 11.8 Å².